The molecule has 0 spiro atoms. The van der Waals surface area contributed by atoms with E-state index in [-0.39, 0.29) is 5.91 Å². The molecule has 3 nitrogen and oxygen atoms in total. The first-order valence-electron chi connectivity index (χ1n) is 9.63. The second kappa shape index (κ2) is 6.67. The Labute approximate surface area is 158 Å². The predicted octanol–water partition coefficient (Wildman–Crippen LogP) is 4.93. The molecule has 1 saturated heterocycles. The molecule has 0 unspecified atom stereocenters. The van der Waals surface area contributed by atoms with Crippen molar-refractivity contribution in [2.75, 3.05) is 19.8 Å². The fourth-order valence-corrected chi connectivity index (χ4v) is 4.06. The molecule has 4 aromatic rings. The van der Waals surface area contributed by atoms with Gasteiger partial charge in [0.15, 0.2) is 0 Å². The van der Waals surface area contributed by atoms with Crippen LogP contribution in [0.25, 0.3) is 32.3 Å². The Morgan fingerprint density at radius 1 is 0.741 bits per heavy atom. The molecule has 1 aliphatic heterocycles. The van der Waals surface area contributed by atoms with Crippen LogP contribution in [0.15, 0.2) is 66.7 Å². The molecule has 1 heterocycles. The number of carbonyl (C=O) groups is 1. The third-order valence-electron chi connectivity index (χ3n) is 5.58. The zero-order chi connectivity index (χ0) is 18.2. The van der Waals surface area contributed by atoms with Gasteiger partial charge in [-0.3, -0.25) is 9.69 Å². The molecule has 0 atom stereocenters. The summed E-state index contributed by atoms with van der Waals surface area (Å²) in [5.41, 5.74) is 0.724. The molecule has 1 fully saturated rings. The molecule has 5 rings (SSSR count). The number of likely N-dealkylation sites (tertiary alicyclic amines) is 1. The van der Waals surface area contributed by atoms with Gasteiger partial charge in [-0.15, -0.1) is 0 Å². The lowest BCUT2D eigenvalue weighted by molar-refractivity contribution is 0.0930. The number of amides is 1. The summed E-state index contributed by atoms with van der Waals surface area (Å²) in [5, 5.41) is 10.2. The molecular formula is C24H22N2O. The third-order valence-corrected chi connectivity index (χ3v) is 5.58. The highest BCUT2D eigenvalue weighted by Gasteiger charge is 2.13. The minimum atomic E-state index is 0.00223. The van der Waals surface area contributed by atoms with E-state index in [0.717, 1.165) is 29.4 Å². The molecule has 134 valence electrons. The normalized spacial score (nSPS) is 15.0. The molecule has 27 heavy (non-hydrogen) atoms. The minimum absolute atomic E-state index is 0.00223. The third kappa shape index (κ3) is 3.15. The first-order chi connectivity index (χ1) is 13.3. The molecule has 1 aliphatic rings. The number of nitrogens with one attached hydrogen (secondary N) is 1. The van der Waals surface area contributed by atoms with Crippen LogP contribution in [0.3, 0.4) is 0 Å². The highest BCUT2D eigenvalue weighted by atomic mass is 16.1. The van der Waals surface area contributed by atoms with E-state index in [0.29, 0.717) is 6.67 Å². The van der Waals surface area contributed by atoms with Crippen LogP contribution >= 0.6 is 0 Å². The fourth-order valence-electron chi connectivity index (χ4n) is 4.06. The van der Waals surface area contributed by atoms with Crippen molar-refractivity contribution < 1.29 is 4.79 Å². The Morgan fingerprint density at radius 2 is 1.30 bits per heavy atom. The first kappa shape index (κ1) is 16.3. The number of hydrogen-bond donors (Lipinski definition) is 1. The van der Waals surface area contributed by atoms with Crippen LogP contribution in [0.2, 0.25) is 0 Å². The van der Waals surface area contributed by atoms with Gasteiger partial charge in [-0.25, -0.2) is 0 Å². The Bertz CT molecular complexity index is 1160. The van der Waals surface area contributed by atoms with Crippen molar-refractivity contribution in [3.05, 3.63) is 72.3 Å². The maximum Gasteiger partial charge on any atom is 0.252 e. The van der Waals surface area contributed by atoms with Gasteiger partial charge >= 0.3 is 0 Å². The molecular weight excluding hydrogens is 332 g/mol. The van der Waals surface area contributed by atoms with Gasteiger partial charge in [0.05, 0.1) is 6.67 Å². The number of carbonyl (C=O) groups excluding carboxylic acids is 1. The van der Waals surface area contributed by atoms with E-state index in [1.807, 2.05) is 12.1 Å². The Balaban J connectivity index is 1.49. The summed E-state index contributed by atoms with van der Waals surface area (Å²) < 4.78 is 0. The molecule has 1 N–H and O–H groups in total. The smallest absolute Gasteiger partial charge is 0.252 e. The summed E-state index contributed by atoms with van der Waals surface area (Å²) in [5.74, 6) is 0.00223. The van der Waals surface area contributed by atoms with E-state index < -0.39 is 0 Å². The molecule has 0 radical (unpaired) electrons. The molecule has 0 aliphatic carbocycles. The maximum atomic E-state index is 12.5. The summed E-state index contributed by atoms with van der Waals surface area (Å²) in [4.78, 5) is 14.8. The van der Waals surface area contributed by atoms with Crippen LogP contribution in [0.4, 0.5) is 0 Å². The Hall–Kier alpha value is -2.91. The lowest BCUT2D eigenvalue weighted by atomic mass is 9.98. The van der Waals surface area contributed by atoms with Crippen LogP contribution in [0.1, 0.15) is 23.2 Å². The van der Waals surface area contributed by atoms with Gasteiger partial charge in [-0.1, -0.05) is 30.3 Å². The van der Waals surface area contributed by atoms with Gasteiger partial charge in [0.25, 0.3) is 5.91 Å². The average Bonchev–Trinajstić information content (AvgIpc) is 3.22. The quantitative estimate of drug-likeness (QED) is 0.529. The van der Waals surface area contributed by atoms with Crippen molar-refractivity contribution in [3.8, 4) is 0 Å². The highest BCUT2D eigenvalue weighted by molar-refractivity contribution is 6.06. The van der Waals surface area contributed by atoms with E-state index in [2.05, 4.69) is 64.8 Å². The molecule has 3 heteroatoms. The van der Waals surface area contributed by atoms with Crippen LogP contribution in [0.5, 0.6) is 0 Å². The average molecular weight is 354 g/mol. The van der Waals surface area contributed by atoms with E-state index in [1.54, 1.807) is 0 Å². The van der Waals surface area contributed by atoms with E-state index >= 15 is 0 Å². The second-order valence-electron chi connectivity index (χ2n) is 7.45. The van der Waals surface area contributed by atoms with Gasteiger partial charge < -0.3 is 5.32 Å². The zero-order valence-electron chi connectivity index (χ0n) is 15.2. The van der Waals surface area contributed by atoms with Crippen LogP contribution in [0, 0.1) is 0 Å². The van der Waals surface area contributed by atoms with Crippen molar-refractivity contribution in [3.63, 3.8) is 0 Å². The van der Waals surface area contributed by atoms with Crippen molar-refractivity contribution in [1.82, 2.24) is 10.2 Å². The Morgan fingerprint density at radius 3 is 1.96 bits per heavy atom. The predicted molar refractivity (Wildman–Crippen MR) is 112 cm³/mol. The van der Waals surface area contributed by atoms with E-state index in [1.165, 1.54) is 34.4 Å². The Kier molecular flexibility index (Phi) is 4.02. The lowest BCUT2D eigenvalue weighted by Crippen LogP contribution is -2.35. The number of rotatable bonds is 3. The van der Waals surface area contributed by atoms with Crippen molar-refractivity contribution in [1.29, 1.82) is 0 Å². The maximum absolute atomic E-state index is 12.5. The number of hydrogen-bond acceptors (Lipinski definition) is 2. The van der Waals surface area contributed by atoms with Gasteiger partial charge in [0, 0.05) is 5.56 Å². The molecule has 0 saturated carbocycles. The molecule has 1 amide bonds. The summed E-state index contributed by atoms with van der Waals surface area (Å²) in [6, 6.07) is 23.3. The largest absolute Gasteiger partial charge is 0.339 e. The monoisotopic (exact) mass is 354 g/mol. The van der Waals surface area contributed by atoms with E-state index in [9.17, 15) is 4.79 Å². The van der Waals surface area contributed by atoms with Crippen molar-refractivity contribution >= 4 is 38.2 Å². The lowest BCUT2D eigenvalue weighted by Gasteiger charge is -2.15. The van der Waals surface area contributed by atoms with Crippen molar-refractivity contribution in [2.45, 2.75) is 12.8 Å². The minimum Gasteiger partial charge on any atom is -0.339 e. The molecule has 4 aromatic carbocycles. The summed E-state index contributed by atoms with van der Waals surface area (Å²) in [7, 11) is 0. The van der Waals surface area contributed by atoms with Crippen LogP contribution in [-0.2, 0) is 0 Å². The topological polar surface area (TPSA) is 32.3 Å². The highest BCUT2D eigenvalue weighted by Crippen LogP contribution is 2.28. The standard InChI is InChI=1S/C24H22N2O/c27-24(25-16-26-9-3-4-10-26)20-8-7-19-13-22-11-17-5-1-2-6-18(17)12-23(22)15-21(19)14-20/h1-2,5-8,11-15H,3-4,9-10,16H2,(H,25,27). The SMILES string of the molecule is O=C(NCN1CCCC1)c1ccc2cc3cc4ccccc4cc3cc2c1. The fraction of sp³-hybridized carbons (Fsp3) is 0.208. The zero-order valence-corrected chi connectivity index (χ0v) is 15.2. The second-order valence-corrected chi connectivity index (χ2v) is 7.45. The van der Waals surface area contributed by atoms with E-state index in [4.69, 9.17) is 0 Å². The summed E-state index contributed by atoms with van der Waals surface area (Å²) in [6.45, 7) is 2.80. The molecule has 0 aromatic heterocycles. The van der Waals surface area contributed by atoms with Crippen LogP contribution in [-0.4, -0.2) is 30.6 Å². The molecule has 0 bridgehead atoms. The van der Waals surface area contributed by atoms with Gasteiger partial charge in [0.1, 0.15) is 0 Å². The summed E-state index contributed by atoms with van der Waals surface area (Å²) in [6.07, 6.45) is 2.46. The van der Waals surface area contributed by atoms with Gasteiger partial charge in [-0.2, -0.15) is 0 Å². The van der Waals surface area contributed by atoms with Crippen LogP contribution < -0.4 is 5.32 Å². The van der Waals surface area contributed by atoms with Gasteiger partial charge in [-0.05, 0) is 94.6 Å². The number of benzene rings is 4. The van der Waals surface area contributed by atoms with Crippen molar-refractivity contribution in [2.24, 2.45) is 0 Å². The summed E-state index contributed by atoms with van der Waals surface area (Å²) >= 11 is 0. The first-order valence-corrected chi connectivity index (χ1v) is 9.63. The number of fused-ring (bicyclic) bond motifs is 3. The van der Waals surface area contributed by atoms with Gasteiger partial charge in [0.2, 0.25) is 0 Å². The number of nitrogens with zero attached hydrogens (tertiary/aromatic N) is 1.